The Bertz CT molecular complexity index is 4290. The highest BCUT2D eigenvalue weighted by Crippen LogP contribution is 2.65. The van der Waals surface area contributed by atoms with E-state index >= 15 is 0 Å². The molecule has 2 heteroatoms. The first-order valence-electron chi connectivity index (χ1n) is 24.7. The maximum absolute atomic E-state index is 14.9. The first-order chi connectivity index (χ1) is 35.2. The summed E-state index contributed by atoms with van der Waals surface area (Å²) in [6.45, 7) is 0. The van der Waals surface area contributed by atoms with Gasteiger partial charge in [0, 0.05) is 16.5 Å². The lowest BCUT2D eigenvalue weighted by Crippen LogP contribution is -2.25. The van der Waals surface area contributed by atoms with Gasteiger partial charge in [-0.15, -0.1) is 0 Å². The number of rotatable bonds is 3. The first kappa shape index (κ1) is 38.8. The summed E-state index contributed by atoms with van der Waals surface area (Å²) < 4.78 is 1.92. The van der Waals surface area contributed by atoms with Gasteiger partial charge in [0.1, 0.15) is 0 Å². The third-order valence-corrected chi connectivity index (χ3v) is 16.7. The molecule has 0 saturated heterocycles. The molecule has 4 aliphatic rings. The van der Waals surface area contributed by atoms with Crippen LogP contribution in [0.3, 0.4) is 0 Å². The third-order valence-electron chi connectivity index (χ3n) is 16.7. The monoisotopic (exact) mass is 899 g/mol. The van der Waals surface area contributed by atoms with E-state index in [0.29, 0.717) is 5.39 Å². The summed E-state index contributed by atoms with van der Waals surface area (Å²) in [7, 11) is 0. The molecule has 1 heterocycles. The van der Waals surface area contributed by atoms with Crippen LogP contribution in [0, 0.1) is 0 Å². The number of aromatic nitrogens is 1. The fraction of sp³-hybridized carbons (Fsp3) is 0.0290. The van der Waals surface area contributed by atoms with Gasteiger partial charge in [0.15, 0.2) is 0 Å². The Labute approximate surface area is 411 Å². The Morgan fingerprint density at radius 1 is 0.268 bits per heavy atom. The van der Waals surface area contributed by atoms with E-state index in [1.807, 2.05) is 22.8 Å². The maximum atomic E-state index is 14.9. The van der Waals surface area contributed by atoms with Crippen LogP contribution in [-0.2, 0) is 10.8 Å². The quantitative estimate of drug-likeness (QED) is 0.162. The molecule has 0 atom stereocenters. The third kappa shape index (κ3) is 4.75. The number of fused-ring (bicyclic) bond motifs is 23. The minimum Gasteiger partial charge on any atom is -0.276 e. The molecule has 0 fully saturated rings. The lowest BCUT2D eigenvalue weighted by atomic mass is 9.70. The van der Waals surface area contributed by atoms with Crippen LogP contribution >= 0.6 is 0 Å². The lowest BCUT2D eigenvalue weighted by Gasteiger charge is -2.30. The van der Waals surface area contributed by atoms with Crippen LogP contribution in [0.15, 0.2) is 254 Å². The number of hydrogen-bond donors (Lipinski definition) is 0. The Kier molecular flexibility index (Phi) is 7.65. The van der Waals surface area contributed by atoms with Crippen LogP contribution in [-0.4, -0.2) is 4.57 Å². The highest BCUT2D eigenvalue weighted by atomic mass is 16.1. The van der Waals surface area contributed by atoms with Crippen molar-refractivity contribution in [3.63, 3.8) is 0 Å². The Morgan fingerprint density at radius 3 is 1.10 bits per heavy atom. The summed E-state index contributed by atoms with van der Waals surface area (Å²) in [5.74, 6) is 0. The molecule has 12 aromatic rings. The molecule has 0 N–H and O–H groups in total. The Morgan fingerprint density at radius 2 is 0.620 bits per heavy atom. The zero-order valence-corrected chi connectivity index (χ0v) is 38.5. The van der Waals surface area contributed by atoms with E-state index in [1.165, 1.54) is 100 Å². The van der Waals surface area contributed by atoms with E-state index < -0.39 is 10.8 Å². The van der Waals surface area contributed by atoms with Gasteiger partial charge in [-0.2, -0.15) is 0 Å². The average Bonchev–Trinajstić information content (AvgIpc) is 4.14. The van der Waals surface area contributed by atoms with E-state index in [9.17, 15) is 4.79 Å². The van der Waals surface area contributed by atoms with E-state index in [0.717, 1.165) is 33.1 Å². The van der Waals surface area contributed by atoms with E-state index in [2.05, 4.69) is 231 Å². The smallest absolute Gasteiger partial charge is 0.263 e. The molecule has 71 heavy (non-hydrogen) atoms. The molecule has 0 aliphatic heterocycles. The summed E-state index contributed by atoms with van der Waals surface area (Å²) in [4.78, 5) is 14.9. The molecule has 328 valence electrons. The summed E-state index contributed by atoms with van der Waals surface area (Å²) in [5, 5.41) is 2.69. The molecule has 1 aromatic heterocycles. The molecular weight excluding hydrogens is 859 g/mol. The Balaban J connectivity index is 0.862. The molecule has 0 bridgehead atoms. The van der Waals surface area contributed by atoms with Gasteiger partial charge in [0.25, 0.3) is 5.56 Å². The second-order valence-corrected chi connectivity index (χ2v) is 19.7. The van der Waals surface area contributed by atoms with Crippen LogP contribution in [0.2, 0.25) is 0 Å². The molecule has 11 aromatic carbocycles. The average molecular weight is 900 g/mol. The second kappa shape index (κ2) is 14.0. The Hall–Kier alpha value is -9.11. The van der Waals surface area contributed by atoms with Crippen molar-refractivity contribution in [3.8, 4) is 72.4 Å². The van der Waals surface area contributed by atoms with Crippen LogP contribution in [0.5, 0.6) is 0 Å². The molecular formula is C69H41NO. The summed E-state index contributed by atoms with van der Waals surface area (Å²) in [6.07, 6.45) is 0. The topological polar surface area (TPSA) is 22.0 Å². The number of pyridine rings is 1. The second-order valence-electron chi connectivity index (χ2n) is 19.7. The van der Waals surface area contributed by atoms with Crippen molar-refractivity contribution in [2.75, 3.05) is 0 Å². The molecule has 16 rings (SSSR count). The largest absolute Gasteiger partial charge is 0.276 e. The van der Waals surface area contributed by atoms with Crippen molar-refractivity contribution >= 4 is 21.7 Å². The van der Waals surface area contributed by atoms with Crippen LogP contribution in [0.1, 0.15) is 44.5 Å². The highest BCUT2D eigenvalue weighted by molar-refractivity contribution is 6.09. The van der Waals surface area contributed by atoms with Gasteiger partial charge in [-0.25, -0.2) is 0 Å². The molecule has 0 radical (unpaired) electrons. The zero-order valence-electron chi connectivity index (χ0n) is 38.5. The predicted octanol–water partition coefficient (Wildman–Crippen LogP) is 16.2. The summed E-state index contributed by atoms with van der Waals surface area (Å²) >= 11 is 0. The molecule has 2 spiro atoms. The van der Waals surface area contributed by atoms with Gasteiger partial charge in [-0.05, 0) is 147 Å². The summed E-state index contributed by atoms with van der Waals surface area (Å²) in [5.41, 5.74) is 26.3. The zero-order chi connectivity index (χ0) is 46.6. The molecule has 0 saturated carbocycles. The van der Waals surface area contributed by atoms with E-state index in [-0.39, 0.29) is 5.56 Å². The normalized spacial score (nSPS) is 14.2. The molecule has 4 aliphatic carbocycles. The standard InChI is InChI=1S/C69H41NO/c71-67-52-22-2-1-17-47(52)55-41-43(46-26-16-34-63-66(46)54-24-8-14-32-61(54)69(63)58-29-11-5-20-50(58)51-21-6-12-30-59(51)69)37-40-64(55)70(67)44-38-35-42(36-39-44)45-25-15-33-62-65(45)53-23-7-13-31-60(53)68(62)56-27-9-3-18-48(56)49-19-4-10-28-57(49)68/h1-41H. The van der Waals surface area contributed by atoms with Crippen molar-refractivity contribution in [3.05, 3.63) is 304 Å². The van der Waals surface area contributed by atoms with Gasteiger partial charge in [0.2, 0.25) is 0 Å². The van der Waals surface area contributed by atoms with Crippen molar-refractivity contribution in [1.29, 1.82) is 0 Å². The minimum absolute atomic E-state index is 0.0290. The fourth-order valence-corrected chi connectivity index (χ4v) is 14.1. The number of nitrogens with zero attached hydrogens (tertiary/aromatic N) is 1. The van der Waals surface area contributed by atoms with Crippen molar-refractivity contribution < 1.29 is 0 Å². The van der Waals surface area contributed by atoms with Crippen molar-refractivity contribution in [1.82, 2.24) is 4.57 Å². The predicted molar refractivity (Wildman–Crippen MR) is 291 cm³/mol. The molecule has 2 nitrogen and oxygen atoms in total. The van der Waals surface area contributed by atoms with Gasteiger partial charge >= 0.3 is 0 Å². The van der Waals surface area contributed by atoms with Crippen molar-refractivity contribution in [2.24, 2.45) is 0 Å². The SMILES string of the molecule is O=c1c2ccccc2c2cc(-c3cccc4c3-c3ccccc3C43c4ccccc4-c4ccccc43)ccc2n1-c1ccc(-c2cccc3c2-c2ccccc2C32c3ccccc3-c3ccccc32)cc1. The number of hydrogen-bond acceptors (Lipinski definition) is 1. The van der Waals surface area contributed by atoms with Crippen LogP contribution in [0.25, 0.3) is 94.1 Å². The lowest BCUT2D eigenvalue weighted by molar-refractivity contribution is 0.794. The maximum Gasteiger partial charge on any atom is 0.263 e. The molecule has 0 amide bonds. The van der Waals surface area contributed by atoms with Gasteiger partial charge in [0.05, 0.1) is 16.3 Å². The van der Waals surface area contributed by atoms with Crippen LogP contribution < -0.4 is 5.56 Å². The van der Waals surface area contributed by atoms with Crippen LogP contribution in [0.4, 0.5) is 0 Å². The fourth-order valence-electron chi connectivity index (χ4n) is 14.1. The first-order valence-corrected chi connectivity index (χ1v) is 24.7. The highest BCUT2D eigenvalue weighted by Gasteiger charge is 2.53. The number of benzene rings is 11. The van der Waals surface area contributed by atoms with E-state index in [4.69, 9.17) is 0 Å². The van der Waals surface area contributed by atoms with Gasteiger partial charge in [-0.3, -0.25) is 9.36 Å². The summed E-state index contributed by atoms with van der Waals surface area (Å²) in [6, 6.07) is 91.0. The minimum atomic E-state index is -0.427. The van der Waals surface area contributed by atoms with Crippen molar-refractivity contribution in [2.45, 2.75) is 10.8 Å². The van der Waals surface area contributed by atoms with Gasteiger partial charge < -0.3 is 0 Å². The van der Waals surface area contributed by atoms with Gasteiger partial charge in [-0.1, -0.05) is 218 Å². The van der Waals surface area contributed by atoms with E-state index in [1.54, 1.807) is 0 Å². The molecule has 0 unspecified atom stereocenters.